The second kappa shape index (κ2) is 5.32. The van der Waals surface area contributed by atoms with Gasteiger partial charge in [0.25, 0.3) is 0 Å². The van der Waals surface area contributed by atoms with E-state index >= 15 is 0 Å². The molecular formula is C18H13ClFN3. The maximum atomic E-state index is 14.9. The minimum Gasteiger partial charge on any atom is -0.298 e. The van der Waals surface area contributed by atoms with Gasteiger partial charge < -0.3 is 0 Å². The molecule has 0 saturated carbocycles. The first-order valence-corrected chi connectivity index (χ1v) is 7.08. The fourth-order valence-electron chi connectivity index (χ4n) is 2.58. The first-order valence-electron chi connectivity index (χ1n) is 10.2. The van der Waals surface area contributed by atoms with Crippen molar-refractivity contribution >= 4 is 17.3 Å². The number of fused-ring (bicyclic) bond motifs is 3. The summed E-state index contributed by atoms with van der Waals surface area (Å²) in [6.07, 6.45) is -0.267. The quantitative estimate of drug-likeness (QED) is 0.652. The number of hydrogen-bond donors (Lipinski definition) is 0. The summed E-state index contributed by atoms with van der Waals surface area (Å²) in [5.41, 5.74) is 0.626. The van der Waals surface area contributed by atoms with Crippen molar-refractivity contribution < 1.29 is 14.0 Å². The molecule has 1 aliphatic rings. The molecule has 0 saturated heterocycles. The third-order valence-electron chi connectivity index (χ3n) is 3.57. The maximum absolute atomic E-state index is 14.9. The molecule has 0 amide bonds. The zero-order valence-corrected chi connectivity index (χ0v) is 12.4. The summed E-state index contributed by atoms with van der Waals surface area (Å²) in [6, 6.07) is 3.98. The Morgan fingerprint density at radius 2 is 2.22 bits per heavy atom. The van der Waals surface area contributed by atoms with E-state index in [4.69, 9.17) is 21.2 Å². The van der Waals surface area contributed by atoms with Crippen molar-refractivity contribution in [1.29, 1.82) is 0 Å². The highest BCUT2D eigenvalue weighted by Gasteiger charge is 2.22. The maximum Gasteiger partial charge on any atom is 0.132 e. The number of halogens is 2. The Hall–Kier alpha value is -2.46. The van der Waals surface area contributed by atoms with Gasteiger partial charge in [0, 0.05) is 20.3 Å². The molecule has 3 nitrogen and oxygen atoms in total. The molecule has 114 valence electrons. The van der Waals surface area contributed by atoms with E-state index in [0.29, 0.717) is 0 Å². The van der Waals surface area contributed by atoms with Gasteiger partial charge in [-0.3, -0.25) is 9.56 Å². The van der Waals surface area contributed by atoms with Gasteiger partial charge in [-0.05, 0) is 37.2 Å². The summed E-state index contributed by atoms with van der Waals surface area (Å²) in [5.74, 6) is -1.35. The molecule has 0 atom stereocenters. The van der Waals surface area contributed by atoms with E-state index in [1.165, 1.54) is 22.8 Å². The van der Waals surface area contributed by atoms with Gasteiger partial charge in [-0.1, -0.05) is 23.7 Å². The van der Waals surface area contributed by atoms with Crippen LogP contribution in [0.15, 0.2) is 53.6 Å². The monoisotopic (exact) mass is 332 g/mol. The number of nitrogens with zero attached hydrogens (tertiary/aromatic N) is 3. The van der Waals surface area contributed by atoms with Gasteiger partial charge in [0.05, 0.1) is 35.3 Å². The van der Waals surface area contributed by atoms with Gasteiger partial charge in [0.15, 0.2) is 0 Å². The number of aryl methyl sites for hydroxylation is 1. The Balaban J connectivity index is 2.06. The molecule has 23 heavy (non-hydrogen) atoms. The SMILES string of the molecule is [2H]c1cc(C2=NCc3c([2H])nc(C([2H])([2H])[2H])n3-c3ccc(Cl)cc32)c(F)c([2H])c1[2H]. The van der Waals surface area contributed by atoms with Crippen LogP contribution in [0.1, 0.15) is 32.2 Å². The minimum absolute atomic E-state index is 0.0478. The first kappa shape index (κ1) is 8.41. The number of benzene rings is 2. The third kappa shape index (κ3) is 2.26. The Morgan fingerprint density at radius 3 is 3.09 bits per heavy atom. The van der Waals surface area contributed by atoms with E-state index in [-0.39, 0.29) is 57.8 Å². The van der Waals surface area contributed by atoms with E-state index in [1.54, 1.807) is 0 Å². The van der Waals surface area contributed by atoms with Crippen LogP contribution in [0.2, 0.25) is 5.02 Å². The average molecular weight is 333 g/mol. The van der Waals surface area contributed by atoms with Crippen molar-refractivity contribution in [3.8, 4) is 5.69 Å². The van der Waals surface area contributed by atoms with Crippen LogP contribution in [0.3, 0.4) is 0 Å². The van der Waals surface area contributed by atoms with Crippen LogP contribution in [-0.4, -0.2) is 15.3 Å². The zero-order valence-electron chi connectivity index (χ0n) is 18.6. The molecule has 0 unspecified atom stereocenters. The lowest BCUT2D eigenvalue weighted by Gasteiger charge is -2.14. The van der Waals surface area contributed by atoms with Gasteiger partial charge in [0.1, 0.15) is 11.6 Å². The van der Waals surface area contributed by atoms with Crippen molar-refractivity contribution in [3.05, 3.63) is 82.1 Å². The molecule has 0 bridgehead atoms. The number of rotatable bonds is 1. The van der Waals surface area contributed by atoms with Crippen LogP contribution >= 0.6 is 11.6 Å². The Bertz CT molecular complexity index is 1230. The summed E-state index contributed by atoms with van der Waals surface area (Å²) >= 11 is 6.15. The van der Waals surface area contributed by atoms with Gasteiger partial charge in [0.2, 0.25) is 0 Å². The van der Waals surface area contributed by atoms with Crippen LogP contribution in [0.5, 0.6) is 0 Å². The van der Waals surface area contributed by atoms with Crippen LogP contribution in [-0.2, 0) is 6.54 Å². The zero-order chi connectivity index (χ0) is 22.0. The lowest BCUT2D eigenvalue weighted by molar-refractivity contribution is 0.625. The molecule has 0 fully saturated rings. The molecule has 0 spiro atoms. The summed E-state index contributed by atoms with van der Waals surface area (Å²) in [7, 11) is 0. The van der Waals surface area contributed by atoms with E-state index in [9.17, 15) is 4.39 Å². The van der Waals surface area contributed by atoms with Gasteiger partial charge in [-0.15, -0.1) is 0 Å². The molecule has 5 heteroatoms. The molecule has 0 N–H and O–H groups in total. The van der Waals surface area contributed by atoms with Crippen molar-refractivity contribution in [2.45, 2.75) is 13.4 Å². The predicted molar refractivity (Wildman–Crippen MR) is 89.1 cm³/mol. The highest BCUT2D eigenvalue weighted by Crippen LogP contribution is 2.29. The number of aromatic nitrogens is 2. The van der Waals surface area contributed by atoms with Crippen molar-refractivity contribution in [2.75, 3.05) is 0 Å². The van der Waals surface area contributed by atoms with Crippen molar-refractivity contribution in [1.82, 2.24) is 9.55 Å². The predicted octanol–water partition coefficient (Wildman–Crippen LogP) is 4.32. The topological polar surface area (TPSA) is 30.2 Å². The first-order chi connectivity index (χ1) is 14.0. The molecular weight excluding hydrogens is 313 g/mol. The smallest absolute Gasteiger partial charge is 0.132 e. The van der Waals surface area contributed by atoms with Crippen LogP contribution in [0, 0.1) is 12.7 Å². The lowest BCUT2D eigenvalue weighted by atomic mass is 10.00. The average Bonchev–Trinajstić information content (AvgIpc) is 2.91. The minimum atomic E-state index is -2.61. The number of hydrogen-bond acceptors (Lipinski definition) is 2. The summed E-state index contributed by atoms with van der Waals surface area (Å²) < 4.78 is 71.0. The van der Waals surface area contributed by atoms with Crippen molar-refractivity contribution in [3.63, 3.8) is 0 Å². The number of aliphatic imine (C=N–C) groups is 1. The standard InChI is InChI=1S/C18H13ClFN3/c1-11-21-9-13-10-22-18(14-4-2-3-5-16(14)20)15-8-12(19)6-7-17(15)23(11)13/h2-9H,10H2,1H3/i1D3,2D,3D,5D,9D. The third-order valence-corrected chi connectivity index (χ3v) is 3.80. The Morgan fingerprint density at radius 1 is 1.30 bits per heavy atom. The Labute approximate surface area is 147 Å². The summed E-state index contributed by atoms with van der Waals surface area (Å²) in [6.45, 7) is -2.79. The molecule has 1 aliphatic heterocycles. The normalized spacial score (nSPS) is 18.0. The fraction of sp³-hybridized carbons (Fsp3) is 0.111. The molecule has 1 aromatic heterocycles. The van der Waals surface area contributed by atoms with Crippen LogP contribution < -0.4 is 0 Å². The van der Waals surface area contributed by atoms with Gasteiger partial charge >= 0.3 is 0 Å². The molecule has 0 radical (unpaired) electrons. The van der Waals surface area contributed by atoms with Crippen LogP contribution in [0.4, 0.5) is 4.39 Å². The number of imidazole rings is 1. The molecule has 2 heterocycles. The Kier molecular flexibility index (Phi) is 1.94. The van der Waals surface area contributed by atoms with E-state index < -0.39 is 24.8 Å². The summed E-state index contributed by atoms with van der Waals surface area (Å²) in [4.78, 5) is 8.26. The van der Waals surface area contributed by atoms with Crippen molar-refractivity contribution in [2.24, 2.45) is 4.99 Å². The fourth-order valence-corrected chi connectivity index (χ4v) is 2.75. The van der Waals surface area contributed by atoms with Gasteiger partial charge in [-0.25, -0.2) is 9.37 Å². The second-order valence-electron chi connectivity index (χ2n) is 4.92. The van der Waals surface area contributed by atoms with E-state index in [1.807, 2.05) is 0 Å². The highest BCUT2D eigenvalue weighted by molar-refractivity contribution is 6.31. The largest absolute Gasteiger partial charge is 0.298 e. The highest BCUT2D eigenvalue weighted by atomic mass is 35.5. The summed E-state index contributed by atoms with van der Waals surface area (Å²) in [5, 5.41) is 0.279. The van der Waals surface area contributed by atoms with Crippen LogP contribution in [0.25, 0.3) is 5.69 Å². The van der Waals surface area contributed by atoms with Gasteiger partial charge in [-0.2, -0.15) is 0 Å². The van der Waals surface area contributed by atoms with E-state index in [2.05, 4.69) is 9.98 Å². The van der Waals surface area contributed by atoms with E-state index in [0.717, 1.165) is 6.07 Å². The molecule has 0 aliphatic carbocycles. The molecule has 3 aromatic rings. The second-order valence-corrected chi connectivity index (χ2v) is 5.36. The molecule has 2 aromatic carbocycles. The lowest BCUT2D eigenvalue weighted by Crippen LogP contribution is -2.09. The molecule has 4 rings (SSSR count).